The van der Waals surface area contributed by atoms with Gasteiger partial charge in [-0.15, -0.1) is 0 Å². The molecule has 0 aliphatic carbocycles. The molecule has 0 saturated carbocycles. The van der Waals surface area contributed by atoms with Gasteiger partial charge in [-0.05, 0) is 25.1 Å². The van der Waals surface area contributed by atoms with Gasteiger partial charge in [0.15, 0.2) is 5.69 Å². The number of rotatable bonds is 5. The van der Waals surface area contributed by atoms with Crippen molar-refractivity contribution in [1.82, 2.24) is 24.6 Å². The molecule has 11 heteroatoms. The average molecular weight is 435 g/mol. The third-order valence-electron chi connectivity index (χ3n) is 5.16. The lowest BCUT2D eigenvalue weighted by atomic mass is 10.0. The maximum atomic E-state index is 13.0. The number of alkyl halides is 3. The van der Waals surface area contributed by atoms with Crippen LogP contribution >= 0.6 is 0 Å². The quantitative estimate of drug-likeness (QED) is 0.622. The second-order valence-electron chi connectivity index (χ2n) is 7.19. The van der Waals surface area contributed by atoms with Crippen LogP contribution in [-0.4, -0.2) is 55.9 Å². The van der Waals surface area contributed by atoms with E-state index >= 15 is 0 Å². The van der Waals surface area contributed by atoms with E-state index in [2.05, 4.69) is 15.1 Å². The molecule has 31 heavy (non-hydrogen) atoms. The minimum atomic E-state index is -4.34. The molecule has 4 rings (SSSR count). The Morgan fingerprint density at radius 3 is 2.84 bits per heavy atom. The molecule has 2 aromatic heterocycles. The Morgan fingerprint density at radius 2 is 2.10 bits per heavy atom. The minimum Gasteiger partial charge on any atom is -0.461 e. The Morgan fingerprint density at radius 1 is 1.29 bits per heavy atom. The molecule has 1 aromatic carbocycles. The van der Waals surface area contributed by atoms with Gasteiger partial charge in [-0.1, -0.05) is 0 Å². The number of carbonyl (C=O) groups is 2. The van der Waals surface area contributed by atoms with Crippen molar-refractivity contribution in [3.63, 3.8) is 0 Å². The van der Waals surface area contributed by atoms with Crippen LogP contribution in [0.4, 0.5) is 13.2 Å². The molecule has 0 spiro atoms. The van der Waals surface area contributed by atoms with Crippen LogP contribution in [0.15, 0.2) is 24.5 Å². The molecule has 0 unspecified atom stereocenters. The molecule has 164 valence electrons. The normalized spacial score (nSPS) is 14.0. The second-order valence-corrected chi connectivity index (χ2v) is 7.19. The van der Waals surface area contributed by atoms with Crippen LogP contribution in [-0.2, 0) is 24.2 Å². The summed E-state index contributed by atoms with van der Waals surface area (Å²) in [7, 11) is 0. The van der Waals surface area contributed by atoms with Gasteiger partial charge in [0.05, 0.1) is 36.9 Å². The van der Waals surface area contributed by atoms with E-state index in [-0.39, 0.29) is 31.2 Å². The summed E-state index contributed by atoms with van der Waals surface area (Å²) in [4.78, 5) is 34.0. The predicted octanol–water partition coefficient (Wildman–Crippen LogP) is 3.09. The number of nitrogens with zero attached hydrogens (tertiary/aromatic N) is 4. The summed E-state index contributed by atoms with van der Waals surface area (Å²) in [6.45, 7) is 1.71. The van der Waals surface area contributed by atoms with E-state index in [1.54, 1.807) is 30.0 Å². The van der Waals surface area contributed by atoms with Crippen LogP contribution in [0, 0.1) is 0 Å². The van der Waals surface area contributed by atoms with Crippen LogP contribution in [0.1, 0.15) is 45.4 Å². The Hall–Kier alpha value is -3.37. The molecule has 8 nitrogen and oxygen atoms in total. The fourth-order valence-corrected chi connectivity index (χ4v) is 3.70. The lowest BCUT2D eigenvalue weighted by Crippen LogP contribution is -2.37. The zero-order valence-electron chi connectivity index (χ0n) is 16.7. The van der Waals surface area contributed by atoms with Crippen LogP contribution in [0.3, 0.4) is 0 Å². The first kappa shape index (κ1) is 20.9. The van der Waals surface area contributed by atoms with Crippen molar-refractivity contribution in [1.29, 1.82) is 0 Å². The SMILES string of the molecule is CCOC(=O)c1nn(CCC(F)(F)F)c2c1CN(C(=O)c1ccc3nc[nH]c3c1)CC2. The van der Waals surface area contributed by atoms with Crippen molar-refractivity contribution in [3.05, 3.63) is 47.0 Å². The lowest BCUT2D eigenvalue weighted by Gasteiger charge is -2.28. The number of imidazole rings is 1. The summed E-state index contributed by atoms with van der Waals surface area (Å²) in [6, 6.07) is 5.09. The van der Waals surface area contributed by atoms with Crippen molar-refractivity contribution in [2.24, 2.45) is 0 Å². The summed E-state index contributed by atoms with van der Waals surface area (Å²) in [5.74, 6) is -0.960. The maximum Gasteiger partial charge on any atom is 0.390 e. The number of halogens is 3. The Labute approximate surface area is 175 Å². The van der Waals surface area contributed by atoms with Crippen molar-refractivity contribution < 1.29 is 27.5 Å². The minimum absolute atomic E-state index is 0.0412. The van der Waals surface area contributed by atoms with E-state index < -0.39 is 25.1 Å². The fraction of sp³-hybridized carbons (Fsp3) is 0.400. The zero-order valence-corrected chi connectivity index (χ0v) is 16.7. The van der Waals surface area contributed by atoms with E-state index in [4.69, 9.17) is 4.74 Å². The summed E-state index contributed by atoms with van der Waals surface area (Å²) >= 11 is 0. The molecule has 1 amide bonds. The number of benzene rings is 1. The van der Waals surface area contributed by atoms with E-state index in [1.807, 2.05) is 0 Å². The molecule has 3 aromatic rings. The van der Waals surface area contributed by atoms with Crippen molar-refractivity contribution in [2.75, 3.05) is 13.2 Å². The number of hydrogen-bond acceptors (Lipinski definition) is 5. The highest BCUT2D eigenvalue weighted by atomic mass is 19.4. The monoisotopic (exact) mass is 435 g/mol. The smallest absolute Gasteiger partial charge is 0.390 e. The van der Waals surface area contributed by atoms with Gasteiger partial charge in [0.25, 0.3) is 5.91 Å². The van der Waals surface area contributed by atoms with Gasteiger partial charge in [-0.3, -0.25) is 9.48 Å². The topological polar surface area (TPSA) is 93.1 Å². The first-order chi connectivity index (χ1) is 14.8. The van der Waals surface area contributed by atoms with Crippen LogP contribution < -0.4 is 0 Å². The van der Waals surface area contributed by atoms with Gasteiger partial charge in [0, 0.05) is 36.3 Å². The van der Waals surface area contributed by atoms with Crippen molar-refractivity contribution in [2.45, 2.75) is 39.0 Å². The van der Waals surface area contributed by atoms with E-state index in [0.29, 0.717) is 23.4 Å². The van der Waals surface area contributed by atoms with Gasteiger partial charge in [0.1, 0.15) is 0 Å². The fourth-order valence-electron chi connectivity index (χ4n) is 3.70. The van der Waals surface area contributed by atoms with E-state index in [0.717, 1.165) is 11.0 Å². The first-order valence-corrected chi connectivity index (χ1v) is 9.81. The first-order valence-electron chi connectivity index (χ1n) is 9.81. The number of nitrogens with one attached hydrogen (secondary N) is 1. The molecule has 0 fully saturated rings. The molecule has 1 aliphatic rings. The highest BCUT2D eigenvalue weighted by molar-refractivity contribution is 5.97. The zero-order chi connectivity index (χ0) is 22.2. The summed E-state index contributed by atoms with van der Waals surface area (Å²) < 4.78 is 44.4. The number of hydrogen-bond donors (Lipinski definition) is 1. The van der Waals surface area contributed by atoms with Gasteiger partial charge in [-0.25, -0.2) is 9.78 Å². The lowest BCUT2D eigenvalue weighted by molar-refractivity contribution is -0.137. The average Bonchev–Trinajstić information content (AvgIpc) is 3.35. The Kier molecular flexibility index (Phi) is 5.42. The van der Waals surface area contributed by atoms with Gasteiger partial charge < -0.3 is 14.6 Å². The number of aromatic nitrogens is 4. The second kappa shape index (κ2) is 8.05. The van der Waals surface area contributed by atoms with Crippen LogP contribution in [0.2, 0.25) is 0 Å². The number of fused-ring (bicyclic) bond motifs is 2. The molecule has 1 aliphatic heterocycles. The summed E-state index contributed by atoms with van der Waals surface area (Å²) in [5, 5.41) is 4.10. The molecule has 0 radical (unpaired) electrons. The van der Waals surface area contributed by atoms with E-state index in [9.17, 15) is 22.8 Å². The number of aryl methyl sites for hydroxylation is 1. The van der Waals surface area contributed by atoms with Crippen LogP contribution in [0.5, 0.6) is 0 Å². The summed E-state index contributed by atoms with van der Waals surface area (Å²) in [6.07, 6.45) is -3.58. The van der Waals surface area contributed by atoms with E-state index in [1.165, 1.54) is 11.0 Å². The summed E-state index contributed by atoms with van der Waals surface area (Å²) in [5.41, 5.74) is 2.81. The Bertz CT molecular complexity index is 1130. The Balaban J connectivity index is 1.62. The molecule has 0 bridgehead atoms. The van der Waals surface area contributed by atoms with Crippen molar-refractivity contribution >= 4 is 22.9 Å². The molecule has 0 saturated heterocycles. The maximum absolute atomic E-state index is 13.0. The van der Waals surface area contributed by atoms with Gasteiger partial charge >= 0.3 is 12.1 Å². The largest absolute Gasteiger partial charge is 0.461 e. The molecular formula is C20H20F3N5O3. The number of ether oxygens (including phenoxy) is 1. The number of amides is 1. The number of carbonyl (C=O) groups excluding carboxylic acids is 2. The third kappa shape index (κ3) is 4.25. The number of H-pyrrole nitrogens is 1. The molecule has 3 heterocycles. The standard InChI is InChI=1S/C20H20F3N5O3/c1-2-31-19(30)17-13-10-27(7-5-16(13)28(26-17)8-6-20(21,22)23)18(29)12-3-4-14-15(9-12)25-11-24-14/h3-4,9,11H,2,5-8,10H2,1H3,(H,24,25). The van der Waals surface area contributed by atoms with Gasteiger partial charge in [0.2, 0.25) is 0 Å². The van der Waals surface area contributed by atoms with Gasteiger partial charge in [-0.2, -0.15) is 18.3 Å². The number of esters is 1. The van der Waals surface area contributed by atoms with Crippen molar-refractivity contribution in [3.8, 4) is 0 Å². The van der Waals surface area contributed by atoms with Crippen LogP contribution in [0.25, 0.3) is 11.0 Å². The molecule has 1 N–H and O–H groups in total. The third-order valence-corrected chi connectivity index (χ3v) is 5.16. The predicted molar refractivity (Wildman–Crippen MR) is 103 cm³/mol. The molecule has 0 atom stereocenters. The molecular weight excluding hydrogens is 415 g/mol. The number of aromatic amines is 1. The highest BCUT2D eigenvalue weighted by Crippen LogP contribution is 2.27. The highest BCUT2D eigenvalue weighted by Gasteiger charge is 2.33.